The van der Waals surface area contributed by atoms with E-state index in [-0.39, 0.29) is 37.5 Å². The quantitative estimate of drug-likeness (QED) is 0.733. The van der Waals surface area contributed by atoms with Crippen LogP contribution < -0.4 is 0 Å². The fourth-order valence-corrected chi connectivity index (χ4v) is 6.00. The molecule has 5 rings (SSSR count). The second-order valence-electron chi connectivity index (χ2n) is 8.28. The van der Waals surface area contributed by atoms with Crippen molar-refractivity contribution < 1.29 is 22.8 Å². The Morgan fingerprint density at radius 1 is 0.792 bits per heavy atom. The molecule has 0 aromatic heterocycles. The maximum Gasteiger partial charge on any atom is 0.471 e. The van der Waals surface area contributed by atoms with E-state index < -0.39 is 12.1 Å². The number of amides is 2. The molecule has 5 fully saturated rings. The second-order valence-corrected chi connectivity index (χ2v) is 8.28. The zero-order chi connectivity index (χ0) is 17.1. The predicted octanol–water partition coefficient (Wildman–Crippen LogP) is 2.44. The van der Waals surface area contributed by atoms with E-state index >= 15 is 0 Å². The fraction of sp³-hybridized carbons (Fsp3) is 0.882. The lowest BCUT2D eigenvalue weighted by atomic mass is 9.49. The minimum Gasteiger partial charge on any atom is -0.339 e. The Labute approximate surface area is 139 Å². The molecule has 0 atom stereocenters. The van der Waals surface area contributed by atoms with Crippen molar-refractivity contribution >= 4 is 11.8 Å². The normalized spacial score (nSPS) is 38.5. The highest BCUT2D eigenvalue weighted by molar-refractivity contribution is 5.85. The van der Waals surface area contributed by atoms with Crippen molar-refractivity contribution in [2.45, 2.75) is 44.7 Å². The van der Waals surface area contributed by atoms with Gasteiger partial charge in [-0.1, -0.05) is 0 Å². The zero-order valence-corrected chi connectivity index (χ0v) is 13.6. The van der Waals surface area contributed by atoms with Gasteiger partial charge in [-0.3, -0.25) is 9.59 Å². The van der Waals surface area contributed by atoms with Crippen molar-refractivity contribution in [2.24, 2.45) is 23.2 Å². The SMILES string of the molecule is O=C(N1CCN(C(=O)C23CC4CC(CC(C4)C2)C3)CC1)C(F)(F)F. The van der Waals surface area contributed by atoms with E-state index in [4.69, 9.17) is 0 Å². The molecule has 0 radical (unpaired) electrons. The molecule has 134 valence electrons. The summed E-state index contributed by atoms with van der Waals surface area (Å²) in [5.74, 6) is 0.333. The summed E-state index contributed by atoms with van der Waals surface area (Å²) in [6, 6.07) is 0. The van der Waals surface area contributed by atoms with E-state index in [1.54, 1.807) is 4.90 Å². The number of carbonyl (C=O) groups excluding carboxylic acids is 2. The largest absolute Gasteiger partial charge is 0.471 e. The van der Waals surface area contributed by atoms with E-state index in [1.165, 1.54) is 19.3 Å². The number of hydrogen-bond acceptors (Lipinski definition) is 2. The van der Waals surface area contributed by atoms with Gasteiger partial charge < -0.3 is 9.80 Å². The van der Waals surface area contributed by atoms with E-state index in [9.17, 15) is 22.8 Å². The van der Waals surface area contributed by atoms with Crippen LogP contribution in [-0.4, -0.2) is 54.0 Å². The van der Waals surface area contributed by atoms with Gasteiger partial charge >= 0.3 is 12.1 Å². The predicted molar refractivity (Wildman–Crippen MR) is 79.8 cm³/mol. The molecule has 5 aliphatic rings. The number of nitrogens with zero attached hydrogens (tertiary/aromatic N) is 2. The van der Waals surface area contributed by atoms with Crippen molar-refractivity contribution in [3.63, 3.8) is 0 Å². The van der Waals surface area contributed by atoms with Crippen LogP contribution >= 0.6 is 0 Å². The Kier molecular flexibility index (Phi) is 3.62. The summed E-state index contributed by atoms with van der Waals surface area (Å²) in [5.41, 5.74) is -0.259. The Balaban J connectivity index is 1.41. The van der Waals surface area contributed by atoms with Gasteiger partial charge in [-0.2, -0.15) is 13.2 Å². The average molecular weight is 344 g/mol. The van der Waals surface area contributed by atoms with Gasteiger partial charge in [0.25, 0.3) is 0 Å². The highest BCUT2D eigenvalue weighted by atomic mass is 19.4. The summed E-state index contributed by atoms with van der Waals surface area (Å²) in [7, 11) is 0. The van der Waals surface area contributed by atoms with E-state index in [0.717, 1.165) is 24.2 Å². The number of carbonyl (C=O) groups is 2. The molecule has 1 heterocycles. The summed E-state index contributed by atoms with van der Waals surface area (Å²) in [4.78, 5) is 27.0. The lowest BCUT2D eigenvalue weighted by Crippen LogP contribution is -2.59. The molecule has 1 saturated heterocycles. The molecule has 4 nitrogen and oxygen atoms in total. The van der Waals surface area contributed by atoms with Crippen molar-refractivity contribution in [1.29, 1.82) is 0 Å². The van der Waals surface area contributed by atoms with E-state index in [0.29, 0.717) is 17.8 Å². The van der Waals surface area contributed by atoms with Gasteiger partial charge in [0.15, 0.2) is 0 Å². The van der Waals surface area contributed by atoms with Crippen LogP contribution in [0, 0.1) is 23.2 Å². The van der Waals surface area contributed by atoms with E-state index in [1.807, 2.05) is 0 Å². The first-order chi connectivity index (χ1) is 11.3. The molecule has 0 N–H and O–H groups in total. The first kappa shape index (κ1) is 16.2. The standard InChI is InChI=1S/C17H23F3N2O2/c18-17(19,20)15(24)22-3-1-21(2-4-22)14(23)16-8-11-5-12(9-16)7-13(6-11)10-16/h11-13H,1-10H2. The monoisotopic (exact) mass is 344 g/mol. The van der Waals surface area contributed by atoms with Crippen molar-refractivity contribution in [3.05, 3.63) is 0 Å². The summed E-state index contributed by atoms with van der Waals surface area (Å²) in [6.07, 6.45) is 1.80. The second kappa shape index (κ2) is 5.36. The third-order valence-corrected chi connectivity index (χ3v) is 6.59. The van der Waals surface area contributed by atoms with Crippen LogP contribution in [0.25, 0.3) is 0 Å². The van der Waals surface area contributed by atoms with Crippen LogP contribution in [0.4, 0.5) is 13.2 Å². The lowest BCUT2D eigenvalue weighted by Gasteiger charge is -2.57. The van der Waals surface area contributed by atoms with Crippen LogP contribution in [0.15, 0.2) is 0 Å². The number of piperazine rings is 1. The third kappa shape index (κ3) is 2.60. The van der Waals surface area contributed by atoms with Crippen molar-refractivity contribution in [1.82, 2.24) is 9.80 Å². The van der Waals surface area contributed by atoms with Crippen molar-refractivity contribution in [2.75, 3.05) is 26.2 Å². The molecule has 0 aromatic carbocycles. The van der Waals surface area contributed by atoms with Crippen molar-refractivity contribution in [3.8, 4) is 0 Å². The van der Waals surface area contributed by atoms with Gasteiger partial charge in [0.05, 0.1) is 5.41 Å². The van der Waals surface area contributed by atoms with Gasteiger partial charge in [-0.25, -0.2) is 0 Å². The van der Waals surface area contributed by atoms with Crippen LogP contribution in [0.3, 0.4) is 0 Å². The summed E-state index contributed by atoms with van der Waals surface area (Å²) in [5, 5.41) is 0. The fourth-order valence-electron chi connectivity index (χ4n) is 6.00. The molecule has 24 heavy (non-hydrogen) atoms. The molecule has 7 heteroatoms. The Hall–Kier alpha value is -1.27. The van der Waals surface area contributed by atoms with Gasteiger partial charge in [-0.05, 0) is 56.3 Å². The van der Waals surface area contributed by atoms with Crippen LogP contribution in [0.5, 0.6) is 0 Å². The highest BCUT2D eigenvalue weighted by Gasteiger charge is 2.56. The average Bonchev–Trinajstić information content (AvgIpc) is 2.51. The molecule has 4 saturated carbocycles. The Morgan fingerprint density at radius 3 is 1.62 bits per heavy atom. The smallest absolute Gasteiger partial charge is 0.339 e. The summed E-state index contributed by atoms with van der Waals surface area (Å²) < 4.78 is 37.6. The molecular weight excluding hydrogens is 321 g/mol. The maximum absolute atomic E-state index is 13.1. The van der Waals surface area contributed by atoms with Gasteiger partial charge in [-0.15, -0.1) is 0 Å². The summed E-state index contributed by atoms with van der Waals surface area (Å²) in [6.45, 7) is 0.414. The molecule has 0 spiro atoms. The maximum atomic E-state index is 13.1. The number of rotatable bonds is 1. The van der Waals surface area contributed by atoms with Crippen LogP contribution in [0.2, 0.25) is 0 Å². The minimum absolute atomic E-state index is 0.0174. The number of halogens is 3. The lowest BCUT2D eigenvalue weighted by molar-refractivity contribution is -0.188. The first-order valence-corrected chi connectivity index (χ1v) is 8.92. The molecule has 2 amide bonds. The zero-order valence-electron chi connectivity index (χ0n) is 13.6. The molecule has 4 bridgehead atoms. The van der Waals surface area contributed by atoms with E-state index in [2.05, 4.69) is 0 Å². The van der Waals surface area contributed by atoms with Gasteiger partial charge in [0.1, 0.15) is 0 Å². The molecule has 0 unspecified atom stereocenters. The number of hydrogen-bond donors (Lipinski definition) is 0. The third-order valence-electron chi connectivity index (χ3n) is 6.59. The summed E-state index contributed by atoms with van der Waals surface area (Å²) >= 11 is 0. The highest BCUT2D eigenvalue weighted by Crippen LogP contribution is 2.60. The molecular formula is C17H23F3N2O2. The number of alkyl halides is 3. The van der Waals surface area contributed by atoms with Gasteiger partial charge in [0.2, 0.25) is 5.91 Å². The van der Waals surface area contributed by atoms with Gasteiger partial charge in [0, 0.05) is 26.2 Å². The van der Waals surface area contributed by atoms with Crippen LogP contribution in [-0.2, 0) is 9.59 Å². The molecule has 4 aliphatic carbocycles. The topological polar surface area (TPSA) is 40.6 Å². The Morgan fingerprint density at radius 2 is 1.21 bits per heavy atom. The first-order valence-electron chi connectivity index (χ1n) is 8.92. The Bertz CT molecular complexity index is 517. The van der Waals surface area contributed by atoms with Crippen LogP contribution in [0.1, 0.15) is 38.5 Å². The molecule has 0 aromatic rings. The molecule has 1 aliphatic heterocycles. The minimum atomic E-state index is -4.83.